The highest BCUT2D eigenvalue weighted by molar-refractivity contribution is 5.87. The maximum atomic E-state index is 12.0. The zero-order chi connectivity index (χ0) is 18.0. The van der Waals surface area contributed by atoms with Gasteiger partial charge in [0.05, 0.1) is 20.0 Å². The maximum Gasteiger partial charge on any atom is 0.306 e. The zero-order valence-electron chi connectivity index (χ0n) is 14.9. The van der Waals surface area contributed by atoms with Gasteiger partial charge in [0.1, 0.15) is 11.7 Å². The summed E-state index contributed by atoms with van der Waals surface area (Å²) in [6.07, 6.45) is 0.814. The predicted molar refractivity (Wildman–Crippen MR) is 85.7 cm³/mol. The van der Waals surface area contributed by atoms with Crippen LogP contribution in [0.25, 0.3) is 0 Å². The van der Waals surface area contributed by atoms with Crippen LogP contribution < -0.4 is 0 Å². The third-order valence-corrected chi connectivity index (χ3v) is 3.36. The highest BCUT2D eigenvalue weighted by Gasteiger charge is 2.29. The normalized spacial score (nSPS) is 14.0. The van der Waals surface area contributed by atoms with Crippen molar-refractivity contribution in [3.8, 4) is 0 Å². The van der Waals surface area contributed by atoms with Crippen LogP contribution in [0.3, 0.4) is 0 Å². The molecule has 134 valence electrons. The highest BCUT2D eigenvalue weighted by Crippen LogP contribution is 2.22. The van der Waals surface area contributed by atoms with Crippen LogP contribution in [0.2, 0.25) is 0 Å². The summed E-state index contributed by atoms with van der Waals surface area (Å²) < 4.78 is 9.74. The lowest BCUT2D eigenvalue weighted by Crippen LogP contribution is -2.33. The molecule has 0 amide bonds. The van der Waals surface area contributed by atoms with E-state index in [0.29, 0.717) is 6.42 Å². The lowest BCUT2D eigenvalue weighted by molar-refractivity contribution is -0.157. The molecule has 0 aliphatic rings. The van der Waals surface area contributed by atoms with Crippen LogP contribution in [0.15, 0.2) is 0 Å². The molecular weight excluding hydrogens is 300 g/mol. The fraction of sp³-hybridized carbons (Fsp3) is 0.824. The van der Waals surface area contributed by atoms with Gasteiger partial charge >= 0.3 is 11.9 Å². The van der Waals surface area contributed by atoms with E-state index in [1.165, 1.54) is 7.11 Å². The molecule has 6 heteroatoms. The van der Waals surface area contributed by atoms with Gasteiger partial charge in [0, 0.05) is 12.3 Å². The van der Waals surface area contributed by atoms with Crippen molar-refractivity contribution < 1.29 is 29.0 Å². The van der Waals surface area contributed by atoms with E-state index >= 15 is 0 Å². The van der Waals surface area contributed by atoms with Crippen molar-refractivity contribution in [2.45, 2.75) is 77.9 Å². The number of hydrogen-bond acceptors (Lipinski definition) is 6. The van der Waals surface area contributed by atoms with Gasteiger partial charge in [0.25, 0.3) is 0 Å². The van der Waals surface area contributed by atoms with Gasteiger partial charge in [-0.15, -0.1) is 0 Å². The molecule has 0 aromatic heterocycles. The van der Waals surface area contributed by atoms with Crippen LogP contribution in [-0.2, 0) is 23.9 Å². The highest BCUT2D eigenvalue weighted by atomic mass is 16.6. The number of carbonyl (C=O) groups excluding carboxylic acids is 3. The zero-order valence-corrected chi connectivity index (χ0v) is 14.9. The average molecular weight is 330 g/mol. The minimum atomic E-state index is -1.27. The molecule has 0 fully saturated rings. The predicted octanol–water partition coefficient (Wildman–Crippen LogP) is 2.41. The number of ketones is 1. The standard InChI is InChI=1S/C17H30O6/c1-6-7-8-12(11-15(20)23-17(2,3)4)16(21)13(18)9-10-14(19)22-5/h12,16,21H,6-11H2,1-5H3. The van der Waals surface area contributed by atoms with Crippen molar-refractivity contribution in [2.75, 3.05) is 7.11 Å². The van der Waals surface area contributed by atoms with E-state index in [0.717, 1.165) is 12.8 Å². The summed E-state index contributed by atoms with van der Waals surface area (Å²) in [5.41, 5.74) is -0.605. The molecule has 2 atom stereocenters. The monoisotopic (exact) mass is 330 g/mol. The number of aliphatic hydroxyl groups excluding tert-OH is 1. The molecule has 0 saturated heterocycles. The first kappa shape index (κ1) is 21.6. The second-order valence-electron chi connectivity index (χ2n) is 6.68. The molecular formula is C17H30O6. The molecule has 0 heterocycles. The van der Waals surface area contributed by atoms with Gasteiger partial charge in [-0.3, -0.25) is 14.4 Å². The van der Waals surface area contributed by atoms with Gasteiger partial charge in [0.2, 0.25) is 0 Å². The third kappa shape index (κ3) is 10.0. The Labute approximate surface area is 138 Å². The van der Waals surface area contributed by atoms with Crippen molar-refractivity contribution >= 4 is 17.7 Å². The Bertz CT molecular complexity index is 396. The number of rotatable bonds is 10. The van der Waals surface area contributed by atoms with Crippen molar-refractivity contribution in [3.63, 3.8) is 0 Å². The maximum absolute atomic E-state index is 12.0. The van der Waals surface area contributed by atoms with Gasteiger partial charge in [-0.1, -0.05) is 19.8 Å². The van der Waals surface area contributed by atoms with Crippen molar-refractivity contribution in [1.82, 2.24) is 0 Å². The quantitative estimate of drug-likeness (QED) is 0.619. The molecule has 23 heavy (non-hydrogen) atoms. The molecule has 0 rings (SSSR count). The number of hydrogen-bond donors (Lipinski definition) is 1. The van der Waals surface area contributed by atoms with Gasteiger partial charge in [-0.05, 0) is 27.2 Å². The van der Waals surface area contributed by atoms with Crippen LogP contribution >= 0.6 is 0 Å². The molecule has 1 N–H and O–H groups in total. The number of esters is 2. The molecule has 0 aromatic rings. The van der Waals surface area contributed by atoms with E-state index in [2.05, 4.69) is 4.74 Å². The average Bonchev–Trinajstić information content (AvgIpc) is 2.45. The Balaban J connectivity index is 4.70. The summed E-state index contributed by atoms with van der Waals surface area (Å²) >= 11 is 0. The van der Waals surface area contributed by atoms with Crippen LogP contribution in [0, 0.1) is 5.92 Å². The molecule has 0 aliphatic heterocycles. The van der Waals surface area contributed by atoms with E-state index in [-0.39, 0.29) is 19.3 Å². The number of carbonyl (C=O) groups is 3. The molecule has 0 bridgehead atoms. The van der Waals surface area contributed by atoms with Crippen LogP contribution in [-0.4, -0.2) is 41.6 Å². The minimum absolute atomic E-state index is 0.0115. The first-order valence-electron chi connectivity index (χ1n) is 8.10. The first-order valence-corrected chi connectivity index (χ1v) is 8.10. The molecule has 2 unspecified atom stereocenters. The Hall–Kier alpha value is -1.43. The van der Waals surface area contributed by atoms with Gasteiger partial charge in [-0.2, -0.15) is 0 Å². The summed E-state index contributed by atoms with van der Waals surface area (Å²) in [7, 11) is 1.25. The Morgan fingerprint density at radius 2 is 1.70 bits per heavy atom. The Morgan fingerprint density at radius 3 is 2.17 bits per heavy atom. The van der Waals surface area contributed by atoms with E-state index in [1.54, 1.807) is 20.8 Å². The Morgan fingerprint density at radius 1 is 1.09 bits per heavy atom. The Kier molecular flexibility index (Phi) is 9.72. The molecule has 0 aliphatic carbocycles. The fourth-order valence-electron chi connectivity index (χ4n) is 2.17. The van der Waals surface area contributed by atoms with E-state index in [4.69, 9.17) is 4.74 Å². The number of aliphatic hydroxyl groups is 1. The molecule has 0 aromatic carbocycles. The summed E-state index contributed by atoms with van der Waals surface area (Å²) in [6.45, 7) is 7.30. The number of methoxy groups -OCH3 is 1. The molecule has 0 saturated carbocycles. The van der Waals surface area contributed by atoms with Gasteiger partial charge < -0.3 is 14.6 Å². The van der Waals surface area contributed by atoms with Gasteiger partial charge in [-0.25, -0.2) is 0 Å². The first-order chi connectivity index (χ1) is 10.6. The number of Topliss-reactive ketones (excluding diaryl/α,β-unsaturated/α-hetero) is 1. The van der Waals surface area contributed by atoms with Crippen LogP contribution in [0.1, 0.15) is 66.2 Å². The topological polar surface area (TPSA) is 89.9 Å². The fourth-order valence-corrected chi connectivity index (χ4v) is 2.17. The number of unbranched alkanes of at least 4 members (excludes halogenated alkanes) is 1. The van der Waals surface area contributed by atoms with E-state index in [1.807, 2.05) is 6.92 Å². The lowest BCUT2D eigenvalue weighted by atomic mass is 9.89. The summed E-state index contributed by atoms with van der Waals surface area (Å²) in [6, 6.07) is 0. The van der Waals surface area contributed by atoms with Gasteiger partial charge in [0.15, 0.2) is 5.78 Å². The largest absolute Gasteiger partial charge is 0.469 e. The van der Waals surface area contributed by atoms with Crippen molar-refractivity contribution in [3.05, 3.63) is 0 Å². The van der Waals surface area contributed by atoms with Crippen LogP contribution in [0.5, 0.6) is 0 Å². The van der Waals surface area contributed by atoms with E-state index in [9.17, 15) is 19.5 Å². The van der Waals surface area contributed by atoms with Crippen LogP contribution in [0.4, 0.5) is 0 Å². The molecule has 6 nitrogen and oxygen atoms in total. The number of ether oxygens (including phenoxy) is 2. The SMILES string of the molecule is CCCCC(CC(=O)OC(C)(C)C)C(O)C(=O)CCC(=O)OC. The third-order valence-electron chi connectivity index (χ3n) is 3.36. The smallest absolute Gasteiger partial charge is 0.306 e. The second kappa shape index (κ2) is 10.4. The molecule has 0 spiro atoms. The second-order valence-corrected chi connectivity index (χ2v) is 6.68. The lowest BCUT2D eigenvalue weighted by Gasteiger charge is -2.24. The minimum Gasteiger partial charge on any atom is -0.469 e. The summed E-state index contributed by atoms with van der Waals surface area (Å²) in [5, 5.41) is 10.2. The summed E-state index contributed by atoms with van der Waals surface area (Å²) in [4.78, 5) is 35.1. The summed E-state index contributed by atoms with van der Waals surface area (Å²) in [5.74, 6) is -1.86. The van der Waals surface area contributed by atoms with E-state index < -0.39 is 35.3 Å². The van der Waals surface area contributed by atoms with Crippen molar-refractivity contribution in [1.29, 1.82) is 0 Å². The van der Waals surface area contributed by atoms with Crippen molar-refractivity contribution in [2.24, 2.45) is 5.92 Å². The molecule has 0 radical (unpaired) electrons.